The van der Waals surface area contributed by atoms with Crippen molar-refractivity contribution in [3.8, 4) is 0 Å². The Balaban J connectivity index is 3.33. The van der Waals surface area contributed by atoms with Gasteiger partial charge in [-0.15, -0.1) is 11.6 Å². The summed E-state index contributed by atoms with van der Waals surface area (Å²) in [6.45, 7) is 0. The van der Waals surface area contributed by atoms with Crippen molar-refractivity contribution < 1.29 is 13.2 Å². The van der Waals surface area contributed by atoms with E-state index in [9.17, 15) is 18.0 Å². The molecule has 0 amide bonds. The fourth-order valence-electron chi connectivity index (χ4n) is 0.863. The minimum atomic E-state index is -2.85. The molecule has 6 heteroatoms. The fraction of sp³-hybridized carbons (Fsp3) is 0.286. The predicted molar refractivity (Wildman–Crippen MR) is 41.5 cm³/mol. The van der Waals surface area contributed by atoms with Gasteiger partial charge in [-0.25, -0.2) is 13.2 Å². The number of pyridine rings is 1. The third kappa shape index (κ3) is 2.03. The van der Waals surface area contributed by atoms with Crippen molar-refractivity contribution in [2.75, 3.05) is 0 Å². The molecular formula is C7H5ClF3NO. The molecule has 0 bridgehead atoms. The number of nitrogens with one attached hydrogen (secondary N) is 1. The quantitative estimate of drug-likeness (QED) is 0.748. The van der Waals surface area contributed by atoms with E-state index in [1.54, 1.807) is 0 Å². The van der Waals surface area contributed by atoms with Crippen LogP contribution in [0.15, 0.2) is 10.9 Å². The molecule has 0 saturated carbocycles. The molecule has 0 aliphatic carbocycles. The third-order valence-electron chi connectivity index (χ3n) is 1.48. The Labute approximate surface area is 76.3 Å². The molecule has 0 aliphatic rings. The van der Waals surface area contributed by atoms with Crippen molar-refractivity contribution in [3.05, 3.63) is 33.5 Å². The molecule has 2 nitrogen and oxygen atoms in total. The van der Waals surface area contributed by atoms with Crippen molar-refractivity contribution in [1.82, 2.24) is 4.98 Å². The van der Waals surface area contributed by atoms with Crippen LogP contribution in [0.3, 0.4) is 0 Å². The molecule has 1 aromatic rings. The highest BCUT2D eigenvalue weighted by molar-refractivity contribution is 6.17. The van der Waals surface area contributed by atoms with Crippen LogP contribution in [0, 0.1) is 5.82 Å². The molecule has 13 heavy (non-hydrogen) atoms. The number of hydrogen-bond acceptors (Lipinski definition) is 1. The van der Waals surface area contributed by atoms with Crippen molar-refractivity contribution >= 4 is 11.6 Å². The lowest BCUT2D eigenvalue weighted by molar-refractivity contribution is 0.149. The van der Waals surface area contributed by atoms with Gasteiger partial charge < -0.3 is 4.98 Å². The molecule has 0 radical (unpaired) electrons. The van der Waals surface area contributed by atoms with E-state index < -0.39 is 23.4 Å². The highest BCUT2D eigenvalue weighted by Crippen LogP contribution is 2.21. The molecular weight excluding hydrogens is 207 g/mol. The summed E-state index contributed by atoms with van der Waals surface area (Å²) in [6, 6.07) is 0.501. The van der Waals surface area contributed by atoms with Gasteiger partial charge >= 0.3 is 0 Å². The average Bonchev–Trinajstić information content (AvgIpc) is 2.08. The summed E-state index contributed by atoms with van der Waals surface area (Å²) in [7, 11) is 0. The van der Waals surface area contributed by atoms with Gasteiger partial charge in [0.05, 0.1) is 5.88 Å². The van der Waals surface area contributed by atoms with Gasteiger partial charge in [0.2, 0.25) is 0 Å². The molecule has 1 heterocycles. The van der Waals surface area contributed by atoms with Crippen LogP contribution in [0.1, 0.15) is 17.7 Å². The number of alkyl halides is 3. The Morgan fingerprint density at radius 1 is 1.54 bits per heavy atom. The first-order valence-electron chi connectivity index (χ1n) is 3.32. The van der Waals surface area contributed by atoms with E-state index in [4.69, 9.17) is 11.6 Å². The summed E-state index contributed by atoms with van der Waals surface area (Å²) in [5.74, 6) is -1.51. The van der Waals surface area contributed by atoms with Gasteiger partial charge in [0.25, 0.3) is 12.0 Å². The Bertz CT molecular complexity index is 363. The van der Waals surface area contributed by atoms with Crippen LogP contribution in [0.25, 0.3) is 0 Å². The first-order valence-corrected chi connectivity index (χ1v) is 3.85. The molecule has 0 fully saturated rings. The smallest absolute Gasteiger partial charge is 0.284 e. The van der Waals surface area contributed by atoms with Gasteiger partial charge in [0.15, 0.2) is 5.82 Å². The largest absolute Gasteiger partial charge is 0.322 e. The second kappa shape index (κ2) is 3.83. The average molecular weight is 212 g/mol. The summed E-state index contributed by atoms with van der Waals surface area (Å²) in [4.78, 5) is 12.6. The topological polar surface area (TPSA) is 32.9 Å². The maximum atomic E-state index is 12.5. The van der Waals surface area contributed by atoms with Gasteiger partial charge in [-0.2, -0.15) is 0 Å². The van der Waals surface area contributed by atoms with Crippen LogP contribution in [-0.4, -0.2) is 4.98 Å². The molecule has 1 N–H and O–H groups in total. The standard InChI is InChI=1S/C7H5ClF3NO/c8-2-5-3(6(10)11)1-4(9)7(13)12-5/h1,6H,2H2,(H,12,13). The molecule has 1 rings (SSSR count). The lowest BCUT2D eigenvalue weighted by atomic mass is 10.2. The Kier molecular flexibility index (Phi) is 2.98. The molecule has 0 aliphatic heterocycles. The molecule has 1 aromatic heterocycles. The second-order valence-corrected chi connectivity index (χ2v) is 2.58. The first kappa shape index (κ1) is 10.1. The Morgan fingerprint density at radius 3 is 2.62 bits per heavy atom. The molecule has 0 spiro atoms. The Hall–Kier alpha value is -0.970. The van der Waals surface area contributed by atoms with Crippen molar-refractivity contribution in [2.24, 2.45) is 0 Å². The van der Waals surface area contributed by atoms with Gasteiger partial charge in [0.1, 0.15) is 0 Å². The highest BCUT2D eigenvalue weighted by atomic mass is 35.5. The molecule has 0 atom stereocenters. The van der Waals surface area contributed by atoms with Crippen LogP contribution in [0.5, 0.6) is 0 Å². The minimum absolute atomic E-state index is 0.150. The predicted octanol–water partition coefficient (Wildman–Crippen LogP) is 2.19. The van der Waals surface area contributed by atoms with E-state index in [1.807, 2.05) is 4.98 Å². The van der Waals surface area contributed by atoms with Crippen LogP contribution < -0.4 is 5.56 Å². The summed E-state index contributed by atoms with van der Waals surface area (Å²) >= 11 is 5.27. The van der Waals surface area contributed by atoms with Crippen LogP contribution in [-0.2, 0) is 5.88 Å². The SMILES string of the molecule is O=c1[nH]c(CCl)c(C(F)F)cc1F. The number of aromatic amines is 1. The monoisotopic (exact) mass is 211 g/mol. The van der Waals surface area contributed by atoms with E-state index in [2.05, 4.69) is 0 Å². The van der Waals surface area contributed by atoms with E-state index in [1.165, 1.54) is 0 Å². The van der Waals surface area contributed by atoms with Gasteiger partial charge in [-0.1, -0.05) is 0 Å². The van der Waals surface area contributed by atoms with E-state index >= 15 is 0 Å². The number of aromatic nitrogens is 1. The van der Waals surface area contributed by atoms with Gasteiger partial charge in [-0.05, 0) is 6.07 Å². The van der Waals surface area contributed by atoms with Crippen LogP contribution in [0.2, 0.25) is 0 Å². The number of hydrogen-bond donors (Lipinski definition) is 1. The van der Waals surface area contributed by atoms with Crippen molar-refractivity contribution in [2.45, 2.75) is 12.3 Å². The number of rotatable bonds is 2. The Morgan fingerprint density at radius 2 is 2.15 bits per heavy atom. The lowest BCUT2D eigenvalue weighted by Crippen LogP contribution is -2.14. The maximum absolute atomic E-state index is 12.5. The van der Waals surface area contributed by atoms with Gasteiger partial charge in [-0.3, -0.25) is 4.79 Å². The zero-order valence-electron chi connectivity index (χ0n) is 6.28. The first-order chi connectivity index (χ1) is 6.06. The maximum Gasteiger partial charge on any atom is 0.284 e. The third-order valence-corrected chi connectivity index (χ3v) is 1.75. The summed E-state index contributed by atoms with van der Waals surface area (Å²) in [5, 5.41) is 0. The molecule has 0 unspecified atom stereocenters. The zero-order chi connectivity index (χ0) is 10.0. The second-order valence-electron chi connectivity index (χ2n) is 2.31. The number of halogens is 4. The molecule has 0 aromatic carbocycles. The van der Waals surface area contributed by atoms with E-state index in [-0.39, 0.29) is 11.6 Å². The van der Waals surface area contributed by atoms with E-state index in [0.29, 0.717) is 6.07 Å². The molecule has 72 valence electrons. The highest BCUT2D eigenvalue weighted by Gasteiger charge is 2.15. The minimum Gasteiger partial charge on any atom is -0.322 e. The van der Waals surface area contributed by atoms with Crippen LogP contribution >= 0.6 is 11.6 Å². The van der Waals surface area contributed by atoms with Crippen LogP contribution in [0.4, 0.5) is 13.2 Å². The number of H-pyrrole nitrogens is 1. The zero-order valence-corrected chi connectivity index (χ0v) is 7.04. The van der Waals surface area contributed by atoms with Gasteiger partial charge in [0, 0.05) is 11.3 Å². The normalized spacial score (nSPS) is 10.8. The summed E-state index contributed by atoms with van der Waals surface area (Å²) in [5.41, 5.74) is -1.77. The summed E-state index contributed by atoms with van der Waals surface area (Å²) in [6.07, 6.45) is -2.85. The molecule has 0 saturated heterocycles. The lowest BCUT2D eigenvalue weighted by Gasteiger charge is -2.04. The summed E-state index contributed by atoms with van der Waals surface area (Å²) < 4.78 is 36.9. The van der Waals surface area contributed by atoms with Crippen molar-refractivity contribution in [1.29, 1.82) is 0 Å². The fourth-order valence-corrected chi connectivity index (χ4v) is 1.08. The van der Waals surface area contributed by atoms with E-state index in [0.717, 1.165) is 0 Å². The van der Waals surface area contributed by atoms with Crippen molar-refractivity contribution in [3.63, 3.8) is 0 Å².